The zero-order chi connectivity index (χ0) is 14.8. The van der Waals surface area contributed by atoms with Crippen LogP contribution in [0.1, 0.15) is 24.2 Å². The highest BCUT2D eigenvalue weighted by Crippen LogP contribution is 2.23. The van der Waals surface area contributed by atoms with Crippen LogP contribution >= 0.6 is 0 Å². The lowest BCUT2D eigenvalue weighted by Crippen LogP contribution is -2.14. The van der Waals surface area contributed by atoms with E-state index in [-0.39, 0.29) is 11.9 Å². The van der Waals surface area contributed by atoms with E-state index in [1.54, 1.807) is 6.07 Å². The lowest BCUT2D eigenvalue weighted by Gasteiger charge is -2.10. The van der Waals surface area contributed by atoms with Crippen molar-refractivity contribution < 1.29 is 4.39 Å². The Hall–Kier alpha value is -2.20. The van der Waals surface area contributed by atoms with Crippen molar-refractivity contribution >= 4 is 10.9 Å². The molecule has 0 spiro atoms. The summed E-state index contributed by atoms with van der Waals surface area (Å²) < 4.78 is 15.3. The van der Waals surface area contributed by atoms with Gasteiger partial charge in [-0.3, -0.25) is 4.68 Å². The molecule has 0 radical (unpaired) electrons. The van der Waals surface area contributed by atoms with Crippen LogP contribution in [0.15, 0.2) is 48.5 Å². The summed E-state index contributed by atoms with van der Waals surface area (Å²) in [6.45, 7) is 2.88. The Kier molecular flexibility index (Phi) is 3.71. The van der Waals surface area contributed by atoms with Gasteiger partial charge >= 0.3 is 0 Å². The molecule has 2 N–H and O–H groups in total. The van der Waals surface area contributed by atoms with Gasteiger partial charge in [-0.1, -0.05) is 30.3 Å². The fourth-order valence-corrected chi connectivity index (χ4v) is 2.65. The minimum Gasteiger partial charge on any atom is -0.324 e. The summed E-state index contributed by atoms with van der Waals surface area (Å²) in [5, 5.41) is 5.76. The molecule has 0 saturated carbocycles. The van der Waals surface area contributed by atoms with Gasteiger partial charge in [0.1, 0.15) is 5.82 Å². The number of halogens is 1. The van der Waals surface area contributed by atoms with E-state index in [0.717, 1.165) is 28.7 Å². The lowest BCUT2D eigenvalue weighted by molar-refractivity contribution is 0.613. The minimum absolute atomic E-state index is 0.258. The summed E-state index contributed by atoms with van der Waals surface area (Å²) >= 11 is 0. The Morgan fingerprint density at radius 2 is 2.00 bits per heavy atom. The molecule has 3 aromatic rings. The fraction of sp³-hybridized carbons (Fsp3) is 0.235. The molecule has 1 atom stereocenters. The third kappa shape index (κ3) is 2.67. The summed E-state index contributed by atoms with van der Waals surface area (Å²) in [5.74, 6) is -0.258. The Labute approximate surface area is 123 Å². The van der Waals surface area contributed by atoms with Crippen molar-refractivity contribution in [3.8, 4) is 0 Å². The molecule has 3 nitrogen and oxygen atoms in total. The average Bonchev–Trinajstić information content (AvgIpc) is 2.85. The van der Waals surface area contributed by atoms with Crippen LogP contribution in [-0.4, -0.2) is 9.78 Å². The number of hydrogen-bond acceptors (Lipinski definition) is 2. The Morgan fingerprint density at radius 3 is 2.76 bits per heavy atom. The third-order valence-corrected chi connectivity index (χ3v) is 3.72. The van der Waals surface area contributed by atoms with Gasteiger partial charge in [0.25, 0.3) is 0 Å². The normalized spacial score (nSPS) is 12.7. The van der Waals surface area contributed by atoms with Crippen molar-refractivity contribution in [3.05, 3.63) is 65.6 Å². The number of rotatable bonds is 4. The first-order chi connectivity index (χ1) is 10.2. The molecular formula is C17H18FN3. The SMILES string of the molecule is CCn1nc(CC(N)c2cccc(F)c2)c2ccccc21. The van der Waals surface area contributed by atoms with Gasteiger partial charge in [-0.05, 0) is 30.7 Å². The van der Waals surface area contributed by atoms with E-state index >= 15 is 0 Å². The summed E-state index contributed by atoms with van der Waals surface area (Å²) in [5.41, 5.74) is 9.09. The van der Waals surface area contributed by atoms with E-state index in [1.165, 1.54) is 12.1 Å². The van der Waals surface area contributed by atoms with Gasteiger partial charge in [0.15, 0.2) is 0 Å². The Bertz CT molecular complexity index is 764. The van der Waals surface area contributed by atoms with E-state index in [9.17, 15) is 4.39 Å². The number of nitrogens with zero attached hydrogens (tertiary/aromatic N) is 2. The van der Waals surface area contributed by atoms with Crippen molar-refractivity contribution in [1.82, 2.24) is 9.78 Å². The van der Waals surface area contributed by atoms with Crippen LogP contribution in [0.3, 0.4) is 0 Å². The van der Waals surface area contributed by atoms with Gasteiger partial charge in [0.05, 0.1) is 11.2 Å². The zero-order valence-electron chi connectivity index (χ0n) is 12.0. The van der Waals surface area contributed by atoms with E-state index in [4.69, 9.17) is 5.73 Å². The van der Waals surface area contributed by atoms with E-state index in [1.807, 2.05) is 22.9 Å². The summed E-state index contributed by atoms with van der Waals surface area (Å²) in [7, 11) is 0. The number of aromatic nitrogens is 2. The number of fused-ring (bicyclic) bond motifs is 1. The second-order valence-corrected chi connectivity index (χ2v) is 5.15. The zero-order valence-corrected chi connectivity index (χ0v) is 12.0. The molecule has 1 heterocycles. The maximum absolute atomic E-state index is 13.3. The van der Waals surface area contributed by atoms with Crippen LogP contribution in [0.25, 0.3) is 10.9 Å². The predicted molar refractivity (Wildman–Crippen MR) is 82.4 cm³/mol. The van der Waals surface area contributed by atoms with Crippen LogP contribution in [0.4, 0.5) is 4.39 Å². The Balaban J connectivity index is 1.94. The van der Waals surface area contributed by atoms with Gasteiger partial charge < -0.3 is 5.73 Å². The summed E-state index contributed by atoms with van der Waals surface area (Å²) in [4.78, 5) is 0. The van der Waals surface area contributed by atoms with E-state index < -0.39 is 0 Å². The number of hydrogen-bond donors (Lipinski definition) is 1. The van der Waals surface area contributed by atoms with Gasteiger partial charge in [0.2, 0.25) is 0 Å². The maximum atomic E-state index is 13.3. The standard InChI is InChI=1S/C17H18FN3/c1-2-21-17-9-4-3-8-14(17)16(20-21)11-15(19)12-6-5-7-13(18)10-12/h3-10,15H,2,11,19H2,1H3. The van der Waals surface area contributed by atoms with E-state index in [2.05, 4.69) is 24.2 Å². The van der Waals surface area contributed by atoms with Crippen molar-refractivity contribution in [2.45, 2.75) is 25.9 Å². The first-order valence-electron chi connectivity index (χ1n) is 7.14. The first-order valence-corrected chi connectivity index (χ1v) is 7.14. The van der Waals surface area contributed by atoms with Crippen molar-refractivity contribution in [2.75, 3.05) is 0 Å². The highest BCUT2D eigenvalue weighted by molar-refractivity contribution is 5.82. The highest BCUT2D eigenvalue weighted by Gasteiger charge is 2.14. The second kappa shape index (κ2) is 5.66. The molecule has 4 heteroatoms. The molecule has 3 rings (SSSR count). The third-order valence-electron chi connectivity index (χ3n) is 3.72. The van der Waals surface area contributed by atoms with Crippen molar-refractivity contribution in [2.24, 2.45) is 5.73 Å². The molecule has 0 aliphatic rings. The Morgan fingerprint density at radius 1 is 1.19 bits per heavy atom. The van der Waals surface area contributed by atoms with Crippen LogP contribution in [0.2, 0.25) is 0 Å². The van der Waals surface area contributed by atoms with Gasteiger partial charge in [-0.25, -0.2) is 4.39 Å². The highest BCUT2D eigenvalue weighted by atomic mass is 19.1. The second-order valence-electron chi connectivity index (χ2n) is 5.15. The monoisotopic (exact) mass is 283 g/mol. The minimum atomic E-state index is -0.260. The fourth-order valence-electron chi connectivity index (χ4n) is 2.65. The smallest absolute Gasteiger partial charge is 0.123 e. The lowest BCUT2D eigenvalue weighted by atomic mass is 10.0. The average molecular weight is 283 g/mol. The number of aryl methyl sites for hydroxylation is 1. The van der Waals surface area contributed by atoms with Crippen LogP contribution in [-0.2, 0) is 13.0 Å². The van der Waals surface area contributed by atoms with Crippen molar-refractivity contribution in [1.29, 1.82) is 0 Å². The molecule has 1 aromatic heterocycles. The van der Waals surface area contributed by atoms with Crippen LogP contribution < -0.4 is 5.73 Å². The summed E-state index contributed by atoms with van der Waals surface area (Å²) in [6, 6.07) is 14.3. The molecule has 0 fully saturated rings. The molecule has 0 bridgehead atoms. The largest absolute Gasteiger partial charge is 0.324 e. The molecule has 0 amide bonds. The van der Waals surface area contributed by atoms with Crippen molar-refractivity contribution in [3.63, 3.8) is 0 Å². The van der Waals surface area contributed by atoms with E-state index in [0.29, 0.717) is 6.42 Å². The molecule has 21 heavy (non-hydrogen) atoms. The summed E-state index contributed by atoms with van der Waals surface area (Å²) in [6.07, 6.45) is 0.594. The van der Waals surface area contributed by atoms with Gasteiger partial charge in [-0.15, -0.1) is 0 Å². The molecule has 0 aliphatic carbocycles. The molecule has 0 aliphatic heterocycles. The van der Waals surface area contributed by atoms with Gasteiger partial charge in [-0.2, -0.15) is 5.10 Å². The topological polar surface area (TPSA) is 43.8 Å². The number of benzene rings is 2. The molecule has 108 valence electrons. The maximum Gasteiger partial charge on any atom is 0.123 e. The number of para-hydroxylation sites is 1. The molecule has 2 aromatic carbocycles. The first kappa shape index (κ1) is 13.8. The molecule has 1 unspecified atom stereocenters. The predicted octanol–water partition coefficient (Wildman–Crippen LogP) is 3.44. The molecule has 0 saturated heterocycles. The molecular weight excluding hydrogens is 265 g/mol. The van der Waals surface area contributed by atoms with Gasteiger partial charge in [0, 0.05) is 24.4 Å². The van der Waals surface area contributed by atoms with Crippen LogP contribution in [0, 0.1) is 5.82 Å². The number of nitrogens with two attached hydrogens (primary N) is 1. The van der Waals surface area contributed by atoms with Crippen LogP contribution in [0.5, 0.6) is 0 Å². The quantitative estimate of drug-likeness (QED) is 0.797.